The molecule has 6 nitrogen and oxygen atoms in total. The first-order valence-electron chi connectivity index (χ1n) is 8.64. The fourth-order valence-electron chi connectivity index (χ4n) is 2.85. The summed E-state index contributed by atoms with van der Waals surface area (Å²) in [4.78, 5) is 26.4. The van der Waals surface area contributed by atoms with Gasteiger partial charge in [0.05, 0.1) is 23.1 Å². The molecule has 2 amide bonds. The predicted molar refractivity (Wildman–Crippen MR) is 102 cm³/mol. The Morgan fingerprint density at radius 3 is 2.58 bits per heavy atom. The number of rotatable bonds is 6. The summed E-state index contributed by atoms with van der Waals surface area (Å²) >= 11 is 1.27. The van der Waals surface area contributed by atoms with E-state index in [1.165, 1.54) is 23.8 Å². The molecule has 0 atom stereocenters. The SMILES string of the molecule is CC(=O)Nc1ccc(C(=O)NCc2ccccc2CN2CCOCC2)s1. The molecule has 138 valence electrons. The maximum absolute atomic E-state index is 12.4. The smallest absolute Gasteiger partial charge is 0.261 e. The molecular formula is C19H23N3O3S. The van der Waals surface area contributed by atoms with Gasteiger partial charge in [-0.2, -0.15) is 0 Å². The van der Waals surface area contributed by atoms with E-state index in [4.69, 9.17) is 4.74 Å². The highest BCUT2D eigenvalue weighted by atomic mass is 32.1. The molecule has 1 aromatic heterocycles. The van der Waals surface area contributed by atoms with Crippen LogP contribution in [0, 0.1) is 0 Å². The van der Waals surface area contributed by atoms with E-state index < -0.39 is 0 Å². The minimum atomic E-state index is -0.143. The van der Waals surface area contributed by atoms with Crippen LogP contribution in [0.15, 0.2) is 36.4 Å². The molecule has 0 aliphatic carbocycles. The van der Waals surface area contributed by atoms with Crippen molar-refractivity contribution in [2.45, 2.75) is 20.0 Å². The Balaban J connectivity index is 1.59. The number of carbonyl (C=O) groups excluding carboxylic acids is 2. The van der Waals surface area contributed by atoms with Gasteiger partial charge in [0, 0.05) is 33.1 Å². The van der Waals surface area contributed by atoms with Crippen molar-refractivity contribution in [1.82, 2.24) is 10.2 Å². The summed E-state index contributed by atoms with van der Waals surface area (Å²) < 4.78 is 5.40. The van der Waals surface area contributed by atoms with E-state index >= 15 is 0 Å². The summed E-state index contributed by atoms with van der Waals surface area (Å²) in [7, 11) is 0. The van der Waals surface area contributed by atoms with Crippen molar-refractivity contribution in [3.63, 3.8) is 0 Å². The van der Waals surface area contributed by atoms with Crippen LogP contribution in [0.3, 0.4) is 0 Å². The first kappa shape index (κ1) is 18.6. The Morgan fingerprint density at radius 1 is 1.12 bits per heavy atom. The number of benzene rings is 1. The summed E-state index contributed by atoms with van der Waals surface area (Å²) in [6.07, 6.45) is 0. The fourth-order valence-corrected chi connectivity index (χ4v) is 3.72. The average molecular weight is 373 g/mol. The van der Waals surface area contributed by atoms with E-state index in [0.29, 0.717) is 16.4 Å². The number of anilines is 1. The first-order valence-corrected chi connectivity index (χ1v) is 9.46. The molecule has 1 aromatic carbocycles. The van der Waals surface area contributed by atoms with Crippen LogP contribution in [0.4, 0.5) is 5.00 Å². The largest absolute Gasteiger partial charge is 0.379 e. The number of morpholine rings is 1. The Hall–Kier alpha value is -2.22. The van der Waals surface area contributed by atoms with Crippen molar-refractivity contribution in [3.8, 4) is 0 Å². The number of hydrogen-bond donors (Lipinski definition) is 2. The predicted octanol–water partition coefficient (Wildman–Crippen LogP) is 2.47. The third-order valence-electron chi connectivity index (χ3n) is 4.18. The molecule has 1 saturated heterocycles. The summed E-state index contributed by atoms with van der Waals surface area (Å²) in [6.45, 7) is 6.20. The van der Waals surface area contributed by atoms with Gasteiger partial charge in [-0.05, 0) is 23.3 Å². The summed E-state index contributed by atoms with van der Waals surface area (Å²) in [5.41, 5.74) is 2.34. The molecule has 0 unspecified atom stereocenters. The maximum Gasteiger partial charge on any atom is 0.261 e. The van der Waals surface area contributed by atoms with E-state index in [1.807, 2.05) is 18.2 Å². The van der Waals surface area contributed by atoms with Gasteiger partial charge in [0.2, 0.25) is 5.91 Å². The normalized spacial score (nSPS) is 14.8. The van der Waals surface area contributed by atoms with Crippen LogP contribution in [-0.4, -0.2) is 43.0 Å². The summed E-state index contributed by atoms with van der Waals surface area (Å²) in [6, 6.07) is 11.6. The van der Waals surface area contributed by atoms with Gasteiger partial charge < -0.3 is 15.4 Å². The Morgan fingerprint density at radius 2 is 1.85 bits per heavy atom. The molecule has 0 spiro atoms. The standard InChI is InChI=1S/C19H23N3O3S/c1-14(23)21-18-7-6-17(26-18)19(24)20-12-15-4-2-3-5-16(15)13-22-8-10-25-11-9-22/h2-7H,8-13H2,1H3,(H,20,24)(H,21,23). The second-order valence-corrected chi connectivity index (χ2v) is 7.27. The number of carbonyl (C=O) groups is 2. The molecule has 1 aliphatic heterocycles. The number of amides is 2. The van der Waals surface area contributed by atoms with Crippen LogP contribution in [-0.2, 0) is 22.6 Å². The highest BCUT2D eigenvalue weighted by molar-refractivity contribution is 7.18. The van der Waals surface area contributed by atoms with Crippen LogP contribution < -0.4 is 10.6 Å². The Kier molecular flexibility index (Phi) is 6.38. The number of nitrogens with zero attached hydrogens (tertiary/aromatic N) is 1. The van der Waals surface area contributed by atoms with Crippen molar-refractivity contribution < 1.29 is 14.3 Å². The van der Waals surface area contributed by atoms with Crippen molar-refractivity contribution in [2.24, 2.45) is 0 Å². The van der Waals surface area contributed by atoms with Gasteiger partial charge in [-0.25, -0.2) is 0 Å². The quantitative estimate of drug-likeness (QED) is 0.816. The van der Waals surface area contributed by atoms with Gasteiger partial charge in [0.25, 0.3) is 5.91 Å². The molecule has 2 heterocycles. The van der Waals surface area contributed by atoms with Gasteiger partial charge in [0.15, 0.2) is 0 Å². The lowest BCUT2D eigenvalue weighted by molar-refractivity contribution is -0.114. The molecule has 2 aromatic rings. The second-order valence-electron chi connectivity index (χ2n) is 6.18. The highest BCUT2D eigenvalue weighted by Crippen LogP contribution is 2.22. The lowest BCUT2D eigenvalue weighted by atomic mass is 10.1. The molecule has 3 rings (SSSR count). The van der Waals surface area contributed by atoms with Gasteiger partial charge >= 0.3 is 0 Å². The van der Waals surface area contributed by atoms with Gasteiger partial charge in [-0.3, -0.25) is 14.5 Å². The molecule has 0 saturated carbocycles. The summed E-state index contributed by atoms with van der Waals surface area (Å²) in [5.74, 6) is -0.274. The topological polar surface area (TPSA) is 70.7 Å². The van der Waals surface area contributed by atoms with Crippen LogP contribution in [0.1, 0.15) is 27.7 Å². The minimum Gasteiger partial charge on any atom is -0.379 e. The average Bonchev–Trinajstić information content (AvgIpc) is 3.09. The molecule has 26 heavy (non-hydrogen) atoms. The lowest BCUT2D eigenvalue weighted by Gasteiger charge is -2.27. The molecule has 0 bridgehead atoms. The Bertz CT molecular complexity index is 769. The number of hydrogen-bond acceptors (Lipinski definition) is 5. The molecule has 1 fully saturated rings. The van der Waals surface area contributed by atoms with Crippen LogP contribution >= 0.6 is 11.3 Å². The van der Waals surface area contributed by atoms with Crippen LogP contribution in [0.25, 0.3) is 0 Å². The third kappa shape index (κ3) is 5.14. The van der Waals surface area contributed by atoms with E-state index in [-0.39, 0.29) is 11.8 Å². The maximum atomic E-state index is 12.4. The molecule has 7 heteroatoms. The van der Waals surface area contributed by atoms with Crippen molar-refractivity contribution in [3.05, 3.63) is 52.4 Å². The molecule has 0 radical (unpaired) electrons. The van der Waals surface area contributed by atoms with Crippen molar-refractivity contribution >= 4 is 28.2 Å². The fraction of sp³-hybridized carbons (Fsp3) is 0.368. The third-order valence-corrected chi connectivity index (χ3v) is 5.18. The van der Waals surface area contributed by atoms with Gasteiger partial charge in [0.1, 0.15) is 0 Å². The van der Waals surface area contributed by atoms with Crippen molar-refractivity contribution in [2.75, 3.05) is 31.6 Å². The number of ether oxygens (including phenoxy) is 1. The zero-order valence-electron chi connectivity index (χ0n) is 14.8. The second kappa shape index (κ2) is 8.93. The molecule has 1 aliphatic rings. The lowest BCUT2D eigenvalue weighted by Crippen LogP contribution is -2.36. The number of thiophene rings is 1. The highest BCUT2D eigenvalue weighted by Gasteiger charge is 2.14. The monoisotopic (exact) mass is 373 g/mol. The summed E-state index contributed by atoms with van der Waals surface area (Å²) in [5, 5.41) is 6.34. The molecular weight excluding hydrogens is 350 g/mol. The van der Waals surface area contributed by atoms with Gasteiger partial charge in [-0.15, -0.1) is 11.3 Å². The zero-order valence-corrected chi connectivity index (χ0v) is 15.6. The van der Waals surface area contributed by atoms with E-state index in [0.717, 1.165) is 38.4 Å². The molecule has 2 N–H and O–H groups in total. The van der Waals surface area contributed by atoms with Gasteiger partial charge in [-0.1, -0.05) is 24.3 Å². The Labute approximate surface area is 157 Å². The van der Waals surface area contributed by atoms with E-state index in [2.05, 4.69) is 21.6 Å². The van der Waals surface area contributed by atoms with Crippen molar-refractivity contribution in [1.29, 1.82) is 0 Å². The number of nitrogens with one attached hydrogen (secondary N) is 2. The van der Waals surface area contributed by atoms with E-state index in [1.54, 1.807) is 12.1 Å². The van der Waals surface area contributed by atoms with Crippen LogP contribution in [0.2, 0.25) is 0 Å². The minimum absolute atomic E-state index is 0.132. The van der Waals surface area contributed by atoms with Crippen LogP contribution in [0.5, 0.6) is 0 Å². The zero-order chi connectivity index (χ0) is 18.4. The van der Waals surface area contributed by atoms with E-state index in [9.17, 15) is 9.59 Å². The first-order chi connectivity index (χ1) is 12.6.